The molecule has 0 atom stereocenters. The number of benzene rings is 1. The molecule has 3 rings (SSSR count). The van der Waals surface area contributed by atoms with Crippen LogP contribution in [0.3, 0.4) is 0 Å². The van der Waals surface area contributed by atoms with Crippen LogP contribution in [0.15, 0.2) is 34.5 Å². The summed E-state index contributed by atoms with van der Waals surface area (Å²) >= 11 is 8.10. The van der Waals surface area contributed by atoms with Gasteiger partial charge >= 0.3 is 0 Å². The summed E-state index contributed by atoms with van der Waals surface area (Å²) in [5.41, 5.74) is 11.7. The van der Waals surface area contributed by atoms with E-state index in [9.17, 15) is 0 Å². The van der Waals surface area contributed by atoms with Gasteiger partial charge in [-0.05, 0) is 61.9 Å². The van der Waals surface area contributed by atoms with E-state index < -0.39 is 0 Å². The molecule has 24 heavy (non-hydrogen) atoms. The van der Waals surface area contributed by atoms with Crippen LogP contribution in [-0.4, -0.2) is 44.1 Å². The van der Waals surface area contributed by atoms with Gasteiger partial charge in [-0.25, -0.2) is 0 Å². The average Bonchev–Trinajstić information content (AvgIpc) is 3.31. The van der Waals surface area contributed by atoms with Crippen LogP contribution >= 0.6 is 23.5 Å². The Labute approximate surface area is 153 Å². The fraction of sp³-hybridized carbons (Fsp3) is 0.500. The highest BCUT2D eigenvalue weighted by Crippen LogP contribution is 2.47. The number of halogens is 1. The molecule has 0 bridgehead atoms. The van der Waals surface area contributed by atoms with Crippen LogP contribution in [0.1, 0.15) is 30.4 Å². The van der Waals surface area contributed by atoms with E-state index in [0.717, 1.165) is 59.9 Å². The van der Waals surface area contributed by atoms with Gasteiger partial charge in [0.05, 0.1) is 11.3 Å². The molecule has 0 spiro atoms. The van der Waals surface area contributed by atoms with Crippen molar-refractivity contribution in [1.29, 1.82) is 0 Å². The van der Waals surface area contributed by atoms with Crippen molar-refractivity contribution >= 4 is 29.3 Å². The van der Waals surface area contributed by atoms with Gasteiger partial charge in [-0.15, -0.1) is 0 Å². The highest BCUT2D eigenvalue weighted by molar-refractivity contribution is 7.96. The maximum Gasteiger partial charge on any atom is 0.0693 e. The Balaban J connectivity index is 1.99. The van der Waals surface area contributed by atoms with Crippen LogP contribution in [0, 0.1) is 0 Å². The first-order valence-electron chi connectivity index (χ1n) is 8.24. The fourth-order valence-electron chi connectivity index (χ4n) is 3.41. The van der Waals surface area contributed by atoms with E-state index in [1.54, 1.807) is 11.9 Å². The number of nitrogens with two attached hydrogens (primary N) is 1. The van der Waals surface area contributed by atoms with E-state index >= 15 is 0 Å². The van der Waals surface area contributed by atoms with Gasteiger partial charge in [0, 0.05) is 36.4 Å². The molecule has 4 nitrogen and oxygen atoms in total. The summed E-state index contributed by atoms with van der Waals surface area (Å²) in [5, 5.41) is 0.755. The van der Waals surface area contributed by atoms with E-state index in [0.29, 0.717) is 0 Å². The molecule has 1 aromatic rings. The number of aliphatic imine (C=N–C) groups is 1. The van der Waals surface area contributed by atoms with E-state index in [2.05, 4.69) is 40.1 Å². The molecular weight excluding hydrogens is 340 g/mol. The molecule has 1 aromatic carbocycles. The third-order valence-electron chi connectivity index (χ3n) is 4.85. The topological polar surface area (TPSA) is 53.6 Å². The van der Waals surface area contributed by atoms with Crippen molar-refractivity contribution in [2.24, 2.45) is 10.7 Å². The van der Waals surface area contributed by atoms with Crippen LogP contribution in [0.25, 0.3) is 0 Å². The Morgan fingerprint density at radius 3 is 2.71 bits per heavy atom. The molecule has 1 heterocycles. The second-order valence-electron chi connectivity index (χ2n) is 6.68. The zero-order chi connectivity index (χ0) is 17.3. The third kappa shape index (κ3) is 3.49. The van der Waals surface area contributed by atoms with Crippen LogP contribution in [0.4, 0.5) is 0 Å². The smallest absolute Gasteiger partial charge is 0.0693 e. The van der Waals surface area contributed by atoms with Crippen molar-refractivity contribution in [3.63, 3.8) is 0 Å². The summed E-state index contributed by atoms with van der Waals surface area (Å²) in [5.74, 6) is 0. The number of rotatable bonds is 5. The lowest BCUT2D eigenvalue weighted by atomic mass is 9.93. The molecule has 0 amide bonds. The highest BCUT2D eigenvalue weighted by atomic mass is 35.5. The van der Waals surface area contributed by atoms with Gasteiger partial charge in [0.1, 0.15) is 0 Å². The third-order valence-corrected chi connectivity index (χ3v) is 5.67. The first kappa shape index (κ1) is 17.8. The number of nitrogens with one attached hydrogen (secondary N) is 1. The van der Waals surface area contributed by atoms with Crippen LogP contribution in [0.5, 0.6) is 0 Å². The number of likely N-dealkylation sites (N-methyl/N-ethyl adjacent to an activating group) is 1. The number of hydrogen-bond acceptors (Lipinski definition) is 5. The van der Waals surface area contributed by atoms with E-state index in [1.165, 1.54) is 5.56 Å². The second-order valence-corrected chi connectivity index (χ2v) is 7.73. The minimum atomic E-state index is 0.0601. The predicted molar refractivity (Wildman–Crippen MR) is 105 cm³/mol. The first-order chi connectivity index (χ1) is 11.5. The summed E-state index contributed by atoms with van der Waals surface area (Å²) in [4.78, 5) is 6.80. The zero-order valence-electron chi connectivity index (χ0n) is 14.5. The standard InChI is InChI=1S/C18H25ClN4S/c1-21-17(15-4-7-23(2)11-16(15)20)12-8-13(10-14(19)9-12)18(5-6-18)22-24-3/h8-10,22H,4-7,11,20H2,1-3H3. The maximum absolute atomic E-state index is 6.44. The highest BCUT2D eigenvalue weighted by Gasteiger charge is 2.44. The molecule has 2 aliphatic rings. The van der Waals surface area contributed by atoms with Gasteiger partial charge < -0.3 is 10.6 Å². The Bertz CT molecular complexity index is 694. The van der Waals surface area contributed by atoms with Gasteiger partial charge in [-0.1, -0.05) is 23.5 Å². The van der Waals surface area contributed by atoms with E-state index in [4.69, 9.17) is 17.3 Å². The van der Waals surface area contributed by atoms with Gasteiger partial charge in [0.2, 0.25) is 0 Å². The maximum atomic E-state index is 6.44. The normalized spacial score (nSPS) is 21.2. The molecule has 1 saturated carbocycles. The summed E-state index contributed by atoms with van der Waals surface area (Å²) in [6, 6.07) is 6.30. The minimum absolute atomic E-state index is 0.0601. The molecule has 3 N–H and O–H groups in total. The molecule has 0 unspecified atom stereocenters. The SMILES string of the molecule is CN=C(C1=C(N)CN(C)CC1)c1cc(Cl)cc(C2(NSC)CC2)c1. The molecule has 0 saturated heterocycles. The molecule has 6 heteroatoms. The van der Waals surface area contributed by atoms with Crippen molar-refractivity contribution in [3.05, 3.63) is 45.6 Å². The van der Waals surface area contributed by atoms with Crippen molar-refractivity contribution in [1.82, 2.24) is 9.62 Å². The van der Waals surface area contributed by atoms with Crippen molar-refractivity contribution in [2.75, 3.05) is 33.4 Å². The van der Waals surface area contributed by atoms with Crippen LogP contribution in [0.2, 0.25) is 5.02 Å². The van der Waals surface area contributed by atoms with Crippen LogP contribution in [-0.2, 0) is 5.54 Å². The number of nitrogens with zero attached hydrogens (tertiary/aromatic N) is 2. The molecule has 0 radical (unpaired) electrons. The van der Waals surface area contributed by atoms with Gasteiger partial charge in [-0.3, -0.25) is 9.71 Å². The first-order valence-corrected chi connectivity index (χ1v) is 9.84. The Hall–Kier alpha value is -1.01. The summed E-state index contributed by atoms with van der Waals surface area (Å²) in [6.45, 7) is 1.79. The molecular formula is C18H25ClN4S. The number of hydrogen-bond donors (Lipinski definition) is 2. The molecule has 1 aliphatic heterocycles. The Morgan fingerprint density at radius 1 is 1.38 bits per heavy atom. The molecule has 1 fully saturated rings. The van der Waals surface area contributed by atoms with Gasteiger partial charge in [0.25, 0.3) is 0 Å². The lowest BCUT2D eigenvalue weighted by Gasteiger charge is -2.27. The van der Waals surface area contributed by atoms with Crippen molar-refractivity contribution in [2.45, 2.75) is 24.8 Å². The fourth-order valence-corrected chi connectivity index (χ4v) is 4.36. The monoisotopic (exact) mass is 364 g/mol. The van der Waals surface area contributed by atoms with Crippen LogP contribution < -0.4 is 10.5 Å². The second kappa shape index (κ2) is 7.08. The molecule has 0 aromatic heterocycles. The molecule has 1 aliphatic carbocycles. The van der Waals surface area contributed by atoms with Gasteiger partial charge in [-0.2, -0.15) is 0 Å². The summed E-state index contributed by atoms with van der Waals surface area (Å²) in [7, 11) is 3.93. The summed E-state index contributed by atoms with van der Waals surface area (Å²) < 4.78 is 3.53. The summed E-state index contributed by atoms with van der Waals surface area (Å²) in [6.07, 6.45) is 5.27. The lowest BCUT2D eigenvalue weighted by Crippen LogP contribution is -2.33. The molecule has 130 valence electrons. The predicted octanol–water partition coefficient (Wildman–Crippen LogP) is 3.16. The average molecular weight is 365 g/mol. The minimum Gasteiger partial charge on any atom is -0.401 e. The van der Waals surface area contributed by atoms with E-state index in [-0.39, 0.29) is 5.54 Å². The van der Waals surface area contributed by atoms with Gasteiger partial charge in [0.15, 0.2) is 0 Å². The van der Waals surface area contributed by atoms with Crippen molar-refractivity contribution in [3.8, 4) is 0 Å². The quantitative estimate of drug-likeness (QED) is 0.622. The lowest BCUT2D eigenvalue weighted by molar-refractivity contribution is 0.350. The van der Waals surface area contributed by atoms with Crippen molar-refractivity contribution < 1.29 is 0 Å². The Morgan fingerprint density at radius 2 is 2.12 bits per heavy atom. The Kier molecular flexibility index (Phi) is 5.25. The largest absolute Gasteiger partial charge is 0.401 e. The van der Waals surface area contributed by atoms with E-state index in [1.807, 2.05) is 13.1 Å². The zero-order valence-corrected chi connectivity index (χ0v) is 16.1.